The lowest BCUT2D eigenvalue weighted by atomic mass is 10.1. The van der Waals surface area contributed by atoms with Gasteiger partial charge in [-0.15, -0.1) is 0 Å². The molecule has 1 aliphatic heterocycles. The molecule has 0 aliphatic carbocycles. The molecule has 1 saturated heterocycles. The summed E-state index contributed by atoms with van der Waals surface area (Å²) in [6.45, 7) is 0.731. The van der Waals surface area contributed by atoms with Gasteiger partial charge < -0.3 is 31.8 Å². The van der Waals surface area contributed by atoms with Gasteiger partial charge in [0, 0.05) is 24.7 Å². The van der Waals surface area contributed by atoms with Crippen LogP contribution in [0.3, 0.4) is 0 Å². The van der Waals surface area contributed by atoms with E-state index in [1.54, 1.807) is 0 Å². The maximum Gasteiger partial charge on any atom is 0.303 e. The summed E-state index contributed by atoms with van der Waals surface area (Å²) < 4.78 is 0. The smallest absolute Gasteiger partial charge is 0.303 e. The van der Waals surface area contributed by atoms with E-state index in [9.17, 15) is 19.2 Å². The SMILES string of the molecule is NC(=O)[C@H](CCC(=O)O)NC(=O)[C@@H](Cc1cnc[nH]1)NC(=O)[C@@H]1CCCN1. The number of carboxylic acids is 1. The first-order chi connectivity index (χ1) is 12.9. The molecule has 2 heterocycles. The number of H-pyrrole nitrogens is 1. The van der Waals surface area contributed by atoms with Gasteiger partial charge in [0.2, 0.25) is 17.7 Å². The van der Waals surface area contributed by atoms with Crippen LogP contribution in [0, 0.1) is 0 Å². The highest BCUT2D eigenvalue weighted by Gasteiger charge is 2.30. The monoisotopic (exact) mass is 380 g/mol. The molecule has 1 aliphatic rings. The summed E-state index contributed by atoms with van der Waals surface area (Å²) in [6.07, 6.45) is 4.19. The van der Waals surface area contributed by atoms with Crippen molar-refractivity contribution in [2.45, 2.75) is 50.2 Å². The van der Waals surface area contributed by atoms with Crippen LogP contribution in [0.2, 0.25) is 0 Å². The van der Waals surface area contributed by atoms with Crippen molar-refractivity contribution in [2.24, 2.45) is 5.73 Å². The number of amides is 3. The first-order valence-electron chi connectivity index (χ1n) is 8.69. The van der Waals surface area contributed by atoms with Crippen molar-refractivity contribution in [2.75, 3.05) is 6.54 Å². The predicted molar refractivity (Wildman–Crippen MR) is 93.2 cm³/mol. The fraction of sp³-hybridized carbons (Fsp3) is 0.562. The Morgan fingerprint density at radius 2 is 2.07 bits per heavy atom. The fourth-order valence-electron chi connectivity index (χ4n) is 2.83. The van der Waals surface area contributed by atoms with Gasteiger partial charge >= 0.3 is 5.97 Å². The van der Waals surface area contributed by atoms with Crippen molar-refractivity contribution in [3.63, 3.8) is 0 Å². The van der Waals surface area contributed by atoms with Gasteiger partial charge in [-0.1, -0.05) is 0 Å². The lowest BCUT2D eigenvalue weighted by molar-refractivity contribution is -0.137. The number of nitrogens with one attached hydrogen (secondary N) is 4. The van der Waals surface area contributed by atoms with Crippen LogP contribution in [0.25, 0.3) is 0 Å². The van der Waals surface area contributed by atoms with Crippen molar-refractivity contribution < 1.29 is 24.3 Å². The van der Waals surface area contributed by atoms with E-state index in [4.69, 9.17) is 10.8 Å². The summed E-state index contributed by atoms with van der Waals surface area (Å²) in [5, 5.41) is 16.9. The number of hydrogen-bond acceptors (Lipinski definition) is 6. The molecule has 11 heteroatoms. The topological polar surface area (TPSA) is 179 Å². The first kappa shape index (κ1) is 20.4. The summed E-state index contributed by atoms with van der Waals surface area (Å²) in [5.74, 6) is -2.88. The average molecular weight is 380 g/mol. The van der Waals surface area contributed by atoms with Gasteiger partial charge in [0.1, 0.15) is 12.1 Å². The van der Waals surface area contributed by atoms with Crippen LogP contribution in [0.4, 0.5) is 0 Å². The number of rotatable bonds is 10. The number of aliphatic carboxylic acids is 1. The second kappa shape index (κ2) is 9.67. The molecule has 27 heavy (non-hydrogen) atoms. The van der Waals surface area contributed by atoms with Crippen molar-refractivity contribution in [3.8, 4) is 0 Å². The number of nitrogens with zero attached hydrogens (tertiary/aromatic N) is 1. The Morgan fingerprint density at radius 1 is 1.30 bits per heavy atom. The lowest BCUT2D eigenvalue weighted by Gasteiger charge is -2.22. The minimum absolute atomic E-state index is 0.134. The van der Waals surface area contributed by atoms with E-state index in [1.165, 1.54) is 12.5 Å². The second-order valence-electron chi connectivity index (χ2n) is 6.39. The number of carbonyl (C=O) groups is 4. The van der Waals surface area contributed by atoms with E-state index in [-0.39, 0.29) is 31.2 Å². The minimum Gasteiger partial charge on any atom is -0.481 e. The Kier molecular flexibility index (Phi) is 7.29. The Hall–Kier alpha value is -2.95. The summed E-state index contributed by atoms with van der Waals surface area (Å²) in [6, 6.07) is -2.48. The molecule has 3 amide bonds. The van der Waals surface area contributed by atoms with E-state index in [0.29, 0.717) is 12.1 Å². The van der Waals surface area contributed by atoms with Crippen LogP contribution in [-0.4, -0.2) is 63.4 Å². The predicted octanol–water partition coefficient (Wildman–Crippen LogP) is -1.98. The van der Waals surface area contributed by atoms with E-state index in [1.807, 2.05) is 0 Å². The normalized spacial score (nSPS) is 18.4. The molecule has 0 aromatic carbocycles. The van der Waals surface area contributed by atoms with Gasteiger partial charge in [-0.25, -0.2) is 4.98 Å². The molecule has 2 rings (SSSR count). The molecule has 148 valence electrons. The zero-order chi connectivity index (χ0) is 19.8. The van der Waals surface area contributed by atoms with E-state index < -0.39 is 29.9 Å². The van der Waals surface area contributed by atoms with Crippen molar-refractivity contribution in [3.05, 3.63) is 18.2 Å². The van der Waals surface area contributed by atoms with Crippen LogP contribution in [0.15, 0.2) is 12.5 Å². The lowest BCUT2D eigenvalue weighted by Crippen LogP contribution is -2.56. The molecule has 0 spiro atoms. The fourth-order valence-corrected chi connectivity index (χ4v) is 2.83. The molecule has 1 aromatic rings. The van der Waals surface area contributed by atoms with Crippen LogP contribution in [-0.2, 0) is 25.6 Å². The van der Waals surface area contributed by atoms with Crippen molar-refractivity contribution in [1.82, 2.24) is 25.9 Å². The number of hydrogen-bond donors (Lipinski definition) is 6. The number of primary amides is 1. The molecule has 0 radical (unpaired) electrons. The van der Waals surface area contributed by atoms with Gasteiger partial charge in [-0.2, -0.15) is 0 Å². The highest BCUT2D eigenvalue weighted by Crippen LogP contribution is 2.07. The van der Waals surface area contributed by atoms with E-state index >= 15 is 0 Å². The van der Waals surface area contributed by atoms with Gasteiger partial charge in [-0.3, -0.25) is 19.2 Å². The maximum atomic E-state index is 12.6. The molecular weight excluding hydrogens is 356 g/mol. The van der Waals surface area contributed by atoms with Crippen LogP contribution < -0.4 is 21.7 Å². The van der Waals surface area contributed by atoms with Crippen LogP contribution in [0.1, 0.15) is 31.4 Å². The molecule has 3 atom stereocenters. The Morgan fingerprint density at radius 3 is 2.63 bits per heavy atom. The number of aromatic amines is 1. The molecule has 1 aromatic heterocycles. The Balaban J connectivity index is 2.05. The average Bonchev–Trinajstić information content (AvgIpc) is 3.30. The highest BCUT2D eigenvalue weighted by molar-refractivity contribution is 5.93. The summed E-state index contributed by atoms with van der Waals surface area (Å²) in [7, 11) is 0. The molecule has 0 saturated carbocycles. The highest BCUT2D eigenvalue weighted by atomic mass is 16.4. The molecule has 1 fully saturated rings. The minimum atomic E-state index is -1.14. The van der Waals surface area contributed by atoms with Crippen molar-refractivity contribution >= 4 is 23.7 Å². The van der Waals surface area contributed by atoms with Crippen LogP contribution >= 0.6 is 0 Å². The third-order valence-electron chi connectivity index (χ3n) is 4.30. The van der Waals surface area contributed by atoms with Gasteiger partial charge in [0.05, 0.1) is 12.4 Å². The van der Waals surface area contributed by atoms with Crippen LogP contribution in [0.5, 0.6) is 0 Å². The molecule has 0 unspecified atom stereocenters. The number of carboxylic acid groups (broad SMARTS) is 1. The Bertz CT molecular complexity index is 671. The largest absolute Gasteiger partial charge is 0.481 e. The second-order valence-corrected chi connectivity index (χ2v) is 6.39. The van der Waals surface area contributed by atoms with E-state index in [2.05, 4.69) is 25.9 Å². The quantitative estimate of drug-likeness (QED) is 0.272. The zero-order valence-corrected chi connectivity index (χ0v) is 14.7. The Labute approximate surface area is 155 Å². The van der Waals surface area contributed by atoms with E-state index in [0.717, 1.165) is 13.0 Å². The molecule has 11 nitrogen and oxygen atoms in total. The number of imidazole rings is 1. The zero-order valence-electron chi connectivity index (χ0n) is 14.7. The van der Waals surface area contributed by atoms with Gasteiger partial charge in [-0.05, 0) is 25.8 Å². The third kappa shape index (κ3) is 6.37. The van der Waals surface area contributed by atoms with Gasteiger partial charge in [0.25, 0.3) is 0 Å². The van der Waals surface area contributed by atoms with Gasteiger partial charge in [0.15, 0.2) is 0 Å². The molecule has 7 N–H and O–H groups in total. The maximum absolute atomic E-state index is 12.6. The standard InChI is InChI=1S/C16H24N6O5/c17-14(25)10(3-4-13(23)24)21-16(27)12(6-9-7-18-8-20-9)22-15(26)11-2-1-5-19-11/h7-8,10-12,19H,1-6H2,(H2,17,25)(H,18,20)(H,21,27)(H,22,26)(H,23,24)/t10-,11-,12+/m0/s1. The first-order valence-corrected chi connectivity index (χ1v) is 8.69. The molecular formula is C16H24N6O5. The third-order valence-corrected chi connectivity index (χ3v) is 4.30. The van der Waals surface area contributed by atoms with Crippen molar-refractivity contribution in [1.29, 1.82) is 0 Å². The summed E-state index contributed by atoms with van der Waals surface area (Å²) in [5.41, 5.74) is 5.87. The summed E-state index contributed by atoms with van der Waals surface area (Å²) in [4.78, 5) is 54.0. The summed E-state index contributed by atoms with van der Waals surface area (Å²) >= 11 is 0. The number of nitrogens with two attached hydrogens (primary N) is 1. The molecule has 0 bridgehead atoms. The number of carbonyl (C=O) groups excluding carboxylic acids is 3. The number of aromatic nitrogens is 2.